The van der Waals surface area contributed by atoms with Crippen LogP contribution in [0.2, 0.25) is 0 Å². The van der Waals surface area contributed by atoms with Gasteiger partial charge in [-0.1, -0.05) is 24.4 Å². The number of aliphatic hydroxyl groups is 1. The number of hydrogen-bond acceptors (Lipinski definition) is 3. The van der Waals surface area contributed by atoms with Crippen molar-refractivity contribution in [3.63, 3.8) is 0 Å². The molecule has 0 aromatic heterocycles. The van der Waals surface area contributed by atoms with E-state index in [0.29, 0.717) is 0 Å². The second kappa shape index (κ2) is 6.26. The zero-order valence-corrected chi connectivity index (χ0v) is 11.7. The highest BCUT2D eigenvalue weighted by molar-refractivity contribution is 7.79. The van der Waals surface area contributed by atoms with Gasteiger partial charge >= 0.3 is 0 Å². The Bertz CT molecular complexity index is 440. The summed E-state index contributed by atoms with van der Waals surface area (Å²) in [7, 11) is 0. The number of carbonyl (C=O) groups is 1. The predicted octanol–water partition coefficient (Wildman–Crippen LogP) is 2.50. The average Bonchev–Trinajstić information content (AvgIpc) is 2.41. The molecule has 0 spiro atoms. The molecule has 1 N–H and O–H groups in total. The maximum atomic E-state index is 11.4. The number of thiocarbonyl (C=S) groups is 1. The van der Waals surface area contributed by atoms with E-state index in [1.807, 2.05) is 29.2 Å². The molecule has 1 aliphatic rings. The molecule has 3 nitrogen and oxygen atoms in total. The lowest BCUT2D eigenvalue weighted by molar-refractivity contribution is -0.114. The summed E-state index contributed by atoms with van der Waals surface area (Å²) in [4.78, 5) is 13.3. The molecule has 0 radical (unpaired) electrons. The van der Waals surface area contributed by atoms with Gasteiger partial charge in [0.2, 0.25) is 0 Å². The van der Waals surface area contributed by atoms with Crippen LogP contribution < -0.4 is 4.90 Å². The minimum absolute atomic E-state index is 0.210. The number of benzene rings is 1. The van der Waals surface area contributed by atoms with Crippen molar-refractivity contribution in [3.05, 3.63) is 29.8 Å². The molecule has 0 heterocycles. The van der Waals surface area contributed by atoms with Gasteiger partial charge in [-0.2, -0.15) is 0 Å². The molecule has 1 fully saturated rings. The quantitative estimate of drug-likeness (QED) is 0.614. The highest BCUT2D eigenvalue weighted by atomic mass is 32.1. The Balaban J connectivity index is 2.15. The van der Waals surface area contributed by atoms with Crippen molar-refractivity contribution < 1.29 is 9.90 Å². The first-order valence-electron chi connectivity index (χ1n) is 6.66. The summed E-state index contributed by atoms with van der Waals surface area (Å²) in [5.74, 6) is 0. The highest BCUT2D eigenvalue weighted by Crippen LogP contribution is 2.38. The van der Waals surface area contributed by atoms with Crippen molar-refractivity contribution in [1.82, 2.24) is 0 Å². The number of nitrogens with zero attached hydrogens (tertiary/aromatic N) is 1. The van der Waals surface area contributed by atoms with Crippen molar-refractivity contribution >= 4 is 29.7 Å². The van der Waals surface area contributed by atoms with Gasteiger partial charge in [-0.25, -0.2) is 0 Å². The van der Waals surface area contributed by atoms with Crippen LogP contribution in [0.1, 0.15) is 31.2 Å². The first kappa shape index (κ1) is 14.2. The molecule has 0 aliphatic heterocycles. The molecule has 1 saturated carbocycles. The molecule has 0 bridgehead atoms. The fraction of sp³-hybridized carbons (Fsp3) is 0.467. The molecule has 1 aromatic rings. The van der Waals surface area contributed by atoms with E-state index >= 15 is 0 Å². The SMILES string of the molecule is O=CC1(N(C=S)c2ccc(CCCO)cc2)CCC1. The first-order valence-corrected chi connectivity index (χ1v) is 7.14. The van der Waals surface area contributed by atoms with Gasteiger partial charge in [-0.15, -0.1) is 0 Å². The van der Waals surface area contributed by atoms with Crippen LogP contribution in [0.25, 0.3) is 0 Å². The molecule has 0 atom stereocenters. The molecule has 4 heteroatoms. The number of hydrogen-bond donors (Lipinski definition) is 1. The molecule has 0 amide bonds. The lowest BCUT2D eigenvalue weighted by atomic mass is 9.76. The third kappa shape index (κ3) is 2.85. The number of anilines is 1. The Morgan fingerprint density at radius 3 is 2.42 bits per heavy atom. The van der Waals surface area contributed by atoms with Gasteiger partial charge in [-0.3, -0.25) is 0 Å². The van der Waals surface area contributed by atoms with Crippen molar-refractivity contribution in [2.45, 2.75) is 37.6 Å². The van der Waals surface area contributed by atoms with Crippen LogP contribution in [0.5, 0.6) is 0 Å². The lowest BCUT2D eigenvalue weighted by Crippen LogP contribution is -2.54. The minimum Gasteiger partial charge on any atom is -0.396 e. The Labute approximate surface area is 119 Å². The van der Waals surface area contributed by atoms with Crippen LogP contribution in [-0.4, -0.2) is 29.0 Å². The van der Waals surface area contributed by atoms with Crippen LogP contribution in [0.4, 0.5) is 5.69 Å². The van der Waals surface area contributed by atoms with E-state index < -0.39 is 5.54 Å². The standard InChI is InChI=1S/C15H19NO2S/c17-10-1-3-13-4-6-14(7-5-13)16(12-19)15(11-18)8-2-9-15/h4-7,11-12,17H,1-3,8-10H2. The van der Waals surface area contributed by atoms with Gasteiger partial charge in [0, 0.05) is 12.3 Å². The Morgan fingerprint density at radius 2 is 2.00 bits per heavy atom. The Hall–Kier alpha value is -1.26. The zero-order chi connectivity index (χ0) is 13.7. The molecule has 19 heavy (non-hydrogen) atoms. The summed E-state index contributed by atoms with van der Waals surface area (Å²) in [6.45, 7) is 0.210. The monoisotopic (exact) mass is 277 g/mol. The number of rotatable bonds is 7. The van der Waals surface area contributed by atoms with E-state index in [1.54, 1.807) is 5.49 Å². The van der Waals surface area contributed by atoms with Crippen molar-refractivity contribution in [2.75, 3.05) is 11.5 Å². The van der Waals surface area contributed by atoms with Crippen LogP contribution in [-0.2, 0) is 11.2 Å². The normalized spacial score (nSPS) is 16.5. The highest BCUT2D eigenvalue weighted by Gasteiger charge is 2.42. The van der Waals surface area contributed by atoms with E-state index in [-0.39, 0.29) is 6.61 Å². The first-order chi connectivity index (χ1) is 9.25. The summed E-state index contributed by atoms with van der Waals surface area (Å²) in [5, 5.41) is 8.82. The van der Waals surface area contributed by atoms with E-state index in [0.717, 1.165) is 44.1 Å². The summed E-state index contributed by atoms with van der Waals surface area (Å²) < 4.78 is 0. The number of aldehydes is 1. The molecular formula is C15H19NO2S. The van der Waals surface area contributed by atoms with Gasteiger partial charge in [-0.05, 0) is 49.8 Å². The fourth-order valence-corrected chi connectivity index (χ4v) is 2.82. The average molecular weight is 277 g/mol. The fourth-order valence-electron chi connectivity index (χ4n) is 2.48. The molecule has 2 rings (SSSR count). The number of aliphatic hydroxyl groups excluding tert-OH is 1. The number of carbonyl (C=O) groups excluding carboxylic acids is 1. The van der Waals surface area contributed by atoms with E-state index in [4.69, 9.17) is 17.3 Å². The van der Waals surface area contributed by atoms with E-state index in [9.17, 15) is 4.79 Å². The summed E-state index contributed by atoms with van der Waals surface area (Å²) in [6.07, 6.45) is 5.49. The maximum absolute atomic E-state index is 11.4. The number of aryl methyl sites for hydroxylation is 1. The predicted molar refractivity (Wildman–Crippen MR) is 80.6 cm³/mol. The second-order valence-corrected chi connectivity index (χ2v) is 5.25. The smallest absolute Gasteiger partial charge is 0.145 e. The minimum atomic E-state index is -0.422. The van der Waals surface area contributed by atoms with Gasteiger partial charge < -0.3 is 14.8 Å². The lowest BCUT2D eigenvalue weighted by Gasteiger charge is -2.45. The van der Waals surface area contributed by atoms with E-state index in [1.165, 1.54) is 5.56 Å². The molecule has 1 aliphatic carbocycles. The van der Waals surface area contributed by atoms with Gasteiger partial charge in [0.15, 0.2) is 0 Å². The Kier molecular flexibility index (Phi) is 4.66. The van der Waals surface area contributed by atoms with Crippen LogP contribution >= 0.6 is 12.2 Å². The van der Waals surface area contributed by atoms with Crippen LogP contribution in [0.3, 0.4) is 0 Å². The maximum Gasteiger partial charge on any atom is 0.145 e. The molecule has 0 unspecified atom stereocenters. The van der Waals surface area contributed by atoms with Crippen molar-refractivity contribution in [3.8, 4) is 0 Å². The molecular weight excluding hydrogens is 258 g/mol. The van der Waals surface area contributed by atoms with Crippen molar-refractivity contribution in [1.29, 1.82) is 0 Å². The van der Waals surface area contributed by atoms with Crippen LogP contribution in [0, 0.1) is 0 Å². The topological polar surface area (TPSA) is 40.5 Å². The second-order valence-electron chi connectivity index (χ2n) is 5.04. The molecule has 102 valence electrons. The van der Waals surface area contributed by atoms with Gasteiger partial charge in [0.05, 0.1) is 5.49 Å². The van der Waals surface area contributed by atoms with Crippen molar-refractivity contribution in [2.24, 2.45) is 0 Å². The third-order valence-corrected chi connectivity index (χ3v) is 4.07. The molecule has 0 saturated heterocycles. The van der Waals surface area contributed by atoms with Crippen LogP contribution in [0.15, 0.2) is 24.3 Å². The van der Waals surface area contributed by atoms with Gasteiger partial charge in [0.25, 0.3) is 0 Å². The Morgan fingerprint density at radius 1 is 1.32 bits per heavy atom. The molecule has 1 aromatic carbocycles. The third-order valence-electron chi connectivity index (χ3n) is 3.86. The largest absolute Gasteiger partial charge is 0.396 e. The summed E-state index contributed by atoms with van der Waals surface area (Å²) >= 11 is 5.08. The summed E-state index contributed by atoms with van der Waals surface area (Å²) in [6, 6.07) is 8.07. The summed E-state index contributed by atoms with van der Waals surface area (Å²) in [5.41, 5.74) is 3.32. The zero-order valence-electron chi connectivity index (χ0n) is 10.9. The van der Waals surface area contributed by atoms with E-state index in [2.05, 4.69) is 0 Å². The van der Waals surface area contributed by atoms with Gasteiger partial charge in [0.1, 0.15) is 11.8 Å².